The molecule has 1 aromatic heterocycles. The first-order chi connectivity index (χ1) is 19.2. The van der Waals surface area contributed by atoms with Gasteiger partial charge in [0.15, 0.2) is 9.84 Å². The smallest absolute Gasteiger partial charge is 0.270 e. The van der Waals surface area contributed by atoms with Crippen LogP contribution in [0, 0.1) is 5.41 Å². The second kappa shape index (κ2) is 14.5. The second-order valence-electron chi connectivity index (χ2n) is 11.0. The highest BCUT2D eigenvalue weighted by Gasteiger charge is 2.47. The molecule has 1 spiro atoms. The summed E-state index contributed by atoms with van der Waals surface area (Å²) in [5.74, 6) is 0.0266. The lowest BCUT2D eigenvalue weighted by molar-refractivity contribution is -0.138. The number of piperidine rings is 1. The lowest BCUT2D eigenvalue weighted by atomic mass is 9.77. The number of hydrogen-bond acceptors (Lipinski definition) is 6. The zero-order valence-electron chi connectivity index (χ0n) is 23.6. The molecule has 11 heteroatoms. The summed E-state index contributed by atoms with van der Waals surface area (Å²) in [5, 5.41) is 3.16. The Morgan fingerprint density at radius 2 is 1.57 bits per heavy atom. The Bertz CT molecular complexity index is 1430. The fourth-order valence-electron chi connectivity index (χ4n) is 5.82. The van der Waals surface area contributed by atoms with Crippen molar-refractivity contribution in [1.29, 1.82) is 0 Å². The van der Waals surface area contributed by atoms with Crippen molar-refractivity contribution >= 4 is 46.5 Å². The molecule has 8 nitrogen and oxygen atoms in total. The van der Waals surface area contributed by atoms with Gasteiger partial charge in [0.1, 0.15) is 5.69 Å². The lowest BCUT2D eigenvalue weighted by Gasteiger charge is -2.38. The average molecular weight is 634 g/mol. The van der Waals surface area contributed by atoms with Gasteiger partial charge in [-0.15, -0.1) is 24.8 Å². The minimum absolute atomic E-state index is 0. The van der Waals surface area contributed by atoms with Crippen molar-refractivity contribution in [1.82, 2.24) is 20.1 Å². The van der Waals surface area contributed by atoms with Crippen LogP contribution in [0.5, 0.6) is 0 Å². The molecule has 42 heavy (non-hydrogen) atoms. The van der Waals surface area contributed by atoms with Crippen molar-refractivity contribution in [2.45, 2.75) is 43.2 Å². The number of aromatic nitrogens is 1. The third-order valence-corrected chi connectivity index (χ3v) is 9.41. The number of carbonyl (C=O) groups is 2. The predicted octanol–water partition coefficient (Wildman–Crippen LogP) is 4.70. The Morgan fingerprint density at radius 3 is 2.19 bits per heavy atom. The normalized spacial score (nSPS) is 17.3. The summed E-state index contributed by atoms with van der Waals surface area (Å²) in [7, 11) is -3.24. The van der Waals surface area contributed by atoms with Crippen LogP contribution in [0.3, 0.4) is 0 Å². The van der Waals surface area contributed by atoms with E-state index < -0.39 is 9.84 Å². The van der Waals surface area contributed by atoms with Gasteiger partial charge in [-0.05, 0) is 74.2 Å². The molecule has 0 bridgehead atoms. The summed E-state index contributed by atoms with van der Waals surface area (Å²) < 4.78 is 23.5. The summed E-state index contributed by atoms with van der Waals surface area (Å²) in [5.41, 5.74) is 2.09. The van der Waals surface area contributed by atoms with E-state index in [-0.39, 0.29) is 48.1 Å². The Hall–Kier alpha value is -2.98. The summed E-state index contributed by atoms with van der Waals surface area (Å²) in [6, 6.07) is 22.0. The van der Waals surface area contributed by atoms with Crippen LogP contribution < -0.4 is 5.32 Å². The van der Waals surface area contributed by atoms with Crippen LogP contribution in [0.25, 0.3) is 0 Å². The number of halogens is 2. The predicted molar refractivity (Wildman–Crippen MR) is 168 cm³/mol. The van der Waals surface area contributed by atoms with Gasteiger partial charge in [-0.25, -0.2) is 8.42 Å². The van der Waals surface area contributed by atoms with Crippen LogP contribution in [0.4, 0.5) is 0 Å². The number of benzene rings is 2. The van der Waals surface area contributed by atoms with Crippen molar-refractivity contribution in [2.75, 3.05) is 32.4 Å². The maximum Gasteiger partial charge on any atom is 0.270 e. The van der Waals surface area contributed by atoms with E-state index in [1.54, 1.807) is 42.6 Å². The third kappa shape index (κ3) is 7.89. The molecule has 3 heterocycles. The number of rotatable bonds is 9. The van der Waals surface area contributed by atoms with Crippen LogP contribution in [-0.4, -0.2) is 67.5 Å². The van der Waals surface area contributed by atoms with E-state index in [1.165, 1.54) is 6.26 Å². The molecule has 2 aliphatic heterocycles. The van der Waals surface area contributed by atoms with Gasteiger partial charge in [0, 0.05) is 32.1 Å². The van der Waals surface area contributed by atoms with E-state index in [0.29, 0.717) is 17.1 Å². The molecule has 1 atom stereocenters. The summed E-state index contributed by atoms with van der Waals surface area (Å²) >= 11 is 0. The van der Waals surface area contributed by atoms with Crippen LogP contribution in [-0.2, 0) is 21.2 Å². The minimum Gasteiger partial charge on any atom is -0.344 e. The highest BCUT2D eigenvalue weighted by molar-refractivity contribution is 7.90. The SMILES string of the molecule is CS(=O)(=O)c1ccc(CN2CCC3(CCN(CCC(NC(=O)c4ccccn4)c4ccccc4)CC3)C2=O)cc1.Cl.Cl. The van der Waals surface area contributed by atoms with Crippen molar-refractivity contribution < 1.29 is 18.0 Å². The van der Waals surface area contributed by atoms with Crippen molar-refractivity contribution in [2.24, 2.45) is 5.41 Å². The van der Waals surface area contributed by atoms with Crippen molar-refractivity contribution in [3.63, 3.8) is 0 Å². The van der Waals surface area contributed by atoms with Gasteiger partial charge in [0.05, 0.1) is 16.4 Å². The molecule has 1 unspecified atom stereocenters. The van der Waals surface area contributed by atoms with Gasteiger partial charge in [-0.3, -0.25) is 14.6 Å². The molecular formula is C31H38Cl2N4O4S. The number of sulfone groups is 1. The number of pyridine rings is 1. The fourth-order valence-corrected chi connectivity index (χ4v) is 6.45. The molecule has 2 saturated heterocycles. The van der Waals surface area contributed by atoms with E-state index >= 15 is 0 Å². The van der Waals surface area contributed by atoms with E-state index in [1.807, 2.05) is 41.3 Å². The van der Waals surface area contributed by atoms with Crippen LogP contribution >= 0.6 is 24.8 Å². The number of nitrogens with one attached hydrogen (secondary N) is 1. The highest BCUT2D eigenvalue weighted by atomic mass is 35.5. The van der Waals surface area contributed by atoms with Crippen molar-refractivity contribution in [3.05, 3.63) is 95.8 Å². The number of amides is 2. The molecule has 1 N–H and O–H groups in total. The quantitative estimate of drug-likeness (QED) is 0.367. The van der Waals surface area contributed by atoms with E-state index in [9.17, 15) is 18.0 Å². The first-order valence-electron chi connectivity index (χ1n) is 13.8. The Morgan fingerprint density at radius 1 is 0.929 bits per heavy atom. The van der Waals surface area contributed by atoms with E-state index in [2.05, 4.69) is 15.2 Å². The maximum absolute atomic E-state index is 13.5. The zero-order chi connectivity index (χ0) is 28.2. The van der Waals surface area contributed by atoms with Gasteiger partial charge in [-0.2, -0.15) is 0 Å². The molecule has 2 aliphatic rings. The number of nitrogens with zero attached hydrogens (tertiary/aromatic N) is 3. The lowest BCUT2D eigenvalue weighted by Crippen LogP contribution is -2.45. The van der Waals surface area contributed by atoms with Crippen LogP contribution in [0.1, 0.15) is 53.3 Å². The maximum atomic E-state index is 13.5. The van der Waals surface area contributed by atoms with Gasteiger partial charge in [-0.1, -0.05) is 48.5 Å². The topological polar surface area (TPSA) is 99.7 Å². The molecule has 2 aromatic carbocycles. The number of carbonyl (C=O) groups excluding carboxylic acids is 2. The molecule has 5 rings (SSSR count). The molecule has 0 saturated carbocycles. The summed E-state index contributed by atoms with van der Waals surface area (Å²) in [6.45, 7) is 3.74. The molecule has 2 amide bonds. The van der Waals surface area contributed by atoms with Gasteiger partial charge in [0.2, 0.25) is 5.91 Å². The van der Waals surface area contributed by atoms with E-state index in [0.717, 1.165) is 63.0 Å². The molecular weight excluding hydrogens is 595 g/mol. The minimum atomic E-state index is -3.24. The average Bonchev–Trinajstić information content (AvgIpc) is 3.26. The Kier molecular flexibility index (Phi) is 11.5. The standard InChI is InChI=1S/C31H36N4O4S.2ClH/c1-40(38,39)26-12-10-24(11-13-26)23-35-22-17-31(30(35)37)15-20-34(21-16-31)19-14-27(25-7-3-2-4-8-25)33-29(36)28-9-5-6-18-32-28;;/h2-13,18,27H,14-17,19-23H2,1H3,(H,33,36);2*1H. The molecule has 0 radical (unpaired) electrons. The van der Waals surface area contributed by atoms with Gasteiger partial charge in [0.25, 0.3) is 5.91 Å². The first-order valence-corrected chi connectivity index (χ1v) is 15.7. The Labute approximate surface area is 260 Å². The highest BCUT2D eigenvalue weighted by Crippen LogP contribution is 2.42. The molecule has 2 fully saturated rings. The first kappa shape index (κ1) is 33.5. The van der Waals surface area contributed by atoms with E-state index in [4.69, 9.17) is 0 Å². The Balaban J connectivity index is 0.00000242. The zero-order valence-corrected chi connectivity index (χ0v) is 26.1. The molecule has 0 aliphatic carbocycles. The van der Waals surface area contributed by atoms with Crippen molar-refractivity contribution in [3.8, 4) is 0 Å². The summed E-state index contributed by atoms with van der Waals surface area (Å²) in [6.07, 6.45) is 6.09. The number of likely N-dealkylation sites (tertiary alicyclic amines) is 2. The third-order valence-electron chi connectivity index (χ3n) is 8.28. The monoisotopic (exact) mass is 632 g/mol. The summed E-state index contributed by atoms with van der Waals surface area (Å²) in [4.78, 5) is 35.1. The van der Waals surface area contributed by atoms with Gasteiger partial charge < -0.3 is 15.1 Å². The van der Waals surface area contributed by atoms with Gasteiger partial charge >= 0.3 is 0 Å². The molecule has 3 aromatic rings. The number of hydrogen-bond donors (Lipinski definition) is 1. The second-order valence-corrected chi connectivity index (χ2v) is 13.0. The largest absolute Gasteiger partial charge is 0.344 e. The van der Waals surface area contributed by atoms with Crippen LogP contribution in [0.15, 0.2) is 83.9 Å². The molecule has 226 valence electrons. The fraction of sp³-hybridized carbons (Fsp3) is 0.387. The van der Waals surface area contributed by atoms with Crippen LogP contribution in [0.2, 0.25) is 0 Å².